The van der Waals surface area contributed by atoms with Gasteiger partial charge in [0, 0.05) is 5.56 Å². The van der Waals surface area contributed by atoms with Crippen LogP contribution in [0.25, 0.3) is 0 Å². The Morgan fingerprint density at radius 3 is 2.37 bits per heavy atom. The molecule has 110 valence electrons. The van der Waals surface area contributed by atoms with E-state index >= 15 is 0 Å². The molecule has 19 heavy (non-hydrogen) atoms. The molecule has 0 saturated carbocycles. The van der Waals surface area contributed by atoms with E-state index in [0.29, 0.717) is 5.75 Å². The Bertz CT molecular complexity index is 414. The molecule has 0 aliphatic rings. The molecule has 0 heterocycles. The van der Waals surface area contributed by atoms with Gasteiger partial charge in [-0.25, -0.2) is 8.78 Å². The number of aliphatic hydroxyl groups excluding tert-OH is 1. The first-order valence-electron chi connectivity index (χ1n) is 5.75. The normalized spacial score (nSPS) is 13.1. The topological polar surface area (TPSA) is 55.5 Å². The summed E-state index contributed by atoms with van der Waals surface area (Å²) in [6.45, 7) is 2.63. The Balaban J connectivity index is 0.00000324. The number of benzene rings is 1. The molecule has 1 aromatic carbocycles. The highest BCUT2D eigenvalue weighted by Crippen LogP contribution is 2.35. The van der Waals surface area contributed by atoms with Crippen molar-refractivity contribution in [3.63, 3.8) is 0 Å². The summed E-state index contributed by atoms with van der Waals surface area (Å²) >= 11 is 0. The molecule has 0 fully saturated rings. The van der Waals surface area contributed by atoms with Crippen molar-refractivity contribution in [2.45, 2.75) is 31.7 Å². The van der Waals surface area contributed by atoms with Gasteiger partial charge < -0.3 is 15.6 Å². The second-order valence-electron chi connectivity index (χ2n) is 4.55. The first-order valence-corrected chi connectivity index (χ1v) is 5.75. The van der Waals surface area contributed by atoms with Gasteiger partial charge in [-0.05, 0) is 17.5 Å². The van der Waals surface area contributed by atoms with Crippen LogP contribution in [0.2, 0.25) is 0 Å². The maximum Gasteiger partial charge on any atom is 0.289 e. The second kappa shape index (κ2) is 7.03. The van der Waals surface area contributed by atoms with E-state index < -0.39 is 18.6 Å². The Hall–Kier alpha value is -0.910. The van der Waals surface area contributed by atoms with Crippen LogP contribution in [-0.2, 0) is 0 Å². The first-order chi connectivity index (χ1) is 8.33. The first kappa shape index (κ1) is 18.1. The lowest BCUT2D eigenvalue weighted by atomic mass is 9.94. The van der Waals surface area contributed by atoms with Crippen LogP contribution in [-0.4, -0.2) is 24.7 Å². The minimum atomic E-state index is -3.37. The Morgan fingerprint density at radius 1 is 1.37 bits per heavy atom. The van der Waals surface area contributed by atoms with E-state index in [1.165, 1.54) is 7.11 Å². The number of halogens is 3. The highest BCUT2D eigenvalue weighted by atomic mass is 35.5. The number of hydrogen-bond donors (Lipinski definition) is 2. The fourth-order valence-electron chi connectivity index (χ4n) is 1.68. The molecule has 6 heteroatoms. The molecular formula is C13H20ClF2NO2. The molecule has 0 amide bonds. The molecule has 3 nitrogen and oxygen atoms in total. The predicted molar refractivity (Wildman–Crippen MR) is 73.3 cm³/mol. The van der Waals surface area contributed by atoms with Gasteiger partial charge in [0.05, 0.1) is 7.11 Å². The summed E-state index contributed by atoms with van der Waals surface area (Å²) in [6, 6.07) is 3.46. The minimum absolute atomic E-state index is 0. The van der Waals surface area contributed by atoms with Crippen molar-refractivity contribution in [3.05, 3.63) is 29.3 Å². The number of rotatable bonds is 5. The number of hydrogen-bond acceptors (Lipinski definition) is 3. The Morgan fingerprint density at radius 2 is 1.95 bits per heavy atom. The van der Waals surface area contributed by atoms with Crippen molar-refractivity contribution in [1.29, 1.82) is 0 Å². The molecule has 0 spiro atoms. The summed E-state index contributed by atoms with van der Waals surface area (Å²) in [5, 5.41) is 8.70. The summed E-state index contributed by atoms with van der Waals surface area (Å²) in [4.78, 5) is 0. The van der Waals surface area contributed by atoms with Gasteiger partial charge in [0.25, 0.3) is 5.92 Å². The largest absolute Gasteiger partial charge is 0.496 e. The summed E-state index contributed by atoms with van der Waals surface area (Å²) in [5.41, 5.74) is 6.65. The third kappa shape index (κ3) is 4.03. The molecule has 0 aliphatic carbocycles. The predicted octanol–water partition coefficient (Wildman–Crippen LogP) is 2.87. The third-order valence-electron chi connectivity index (χ3n) is 2.92. The van der Waals surface area contributed by atoms with E-state index in [0.717, 1.165) is 5.56 Å². The second-order valence-corrected chi connectivity index (χ2v) is 4.55. The molecule has 0 bridgehead atoms. The molecular weight excluding hydrogens is 276 g/mol. The van der Waals surface area contributed by atoms with Crippen LogP contribution >= 0.6 is 12.4 Å². The number of nitrogens with two attached hydrogens (primary N) is 1. The molecule has 0 radical (unpaired) electrons. The van der Waals surface area contributed by atoms with Gasteiger partial charge >= 0.3 is 0 Å². The van der Waals surface area contributed by atoms with Crippen molar-refractivity contribution in [2.75, 3.05) is 13.7 Å². The average molecular weight is 296 g/mol. The van der Waals surface area contributed by atoms with Crippen molar-refractivity contribution < 1.29 is 18.6 Å². The van der Waals surface area contributed by atoms with E-state index in [9.17, 15) is 8.78 Å². The van der Waals surface area contributed by atoms with Crippen molar-refractivity contribution in [3.8, 4) is 5.75 Å². The van der Waals surface area contributed by atoms with Gasteiger partial charge in [0.15, 0.2) is 0 Å². The number of aliphatic hydroxyl groups is 1. The van der Waals surface area contributed by atoms with Crippen LogP contribution < -0.4 is 10.5 Å². The lowest BCUT2D eigenvalue weighted by Gasteiger charge is -2.24. The minimum Gasteiger partial charge on any atom is -0.496 e. The maximum atomic E-state index is 13.5. The molecule has 0 saturated heterocycles. The van der Waals surface area contributed by atoms with Crippen molar-refractivity contribution in [2.24, 2.45) is 5.73 Å². The SMILES string of the molecule is COc1ccc(C(C)C)cc1[C@H](N)C(F)(F)CO.Cl. The monoisotopic (exact) mass is 295 g/mol. The summed E-state index contributed by atoms with van der Waals surface area (Å²) in [7, 11) is 1.40. The average Bonchev–Trinajstić information content (AvgIpc) is 2.36. The third-order valence-corrected chi connectivity index (χ3v) is 2.92. The van der Waals surface area contributed by atoms with Crippen LogP contribution in [0.4, 0.5) is 8.78 Å². The van der Waals surface area contributed by atoms with Crippen LogP contribution in [0.3, 0.4) is 0 Å². The zero-order valence-corrected chi connectivity index (χ0v) is 12.0. The van der Waals surface area contributed by atoms with E-state index in [-0.39, 0.29) is 23.9 Å². The fraction of sp³-hybridized carbons (Fsp3) is 0.538. The lowest BCUT2D eigenvalue weighted by molar-refractivity contribution is -0.0715. The highest BCUT2D eigenvalue weighted by Gasteiger charge is 2.38. The van der Waals surface area contributed by atoms with E-state index in [1.54, 1.807) is 12.1 Å². The Kier molecular flexibility index (Phi) is 6.69. The van der Waals surface area contributed by atoms with Crippen LogP contribution in [0, 0.1) is 0 Å². The number of ether oxygens (including phenoxy) is 1. The maximum absolute atomic E-state index is 13.5. The van der Waals surface area contributed by atoms with Crippen LogP contribution in [0.1, 0.15) is 36.9 Å². The van der Waals surface area contributed by atoms with Crippen LogP contribution in [0.15, 0.2) is 18.2 Å². The number of methoxy groups -OCH3 is 1. The zero-order valence-electron chi connectivity index (χ0n) is 11.2. The molecule has 1 rings (SSSR count). The standard InChI is InChI=1S/C13H19F2NO2.ClH/c1-8(2)9-4-5-11(18-3)10(6-9)12(16)13(14,15)7-17;/h4-6,8,12,17H,7,16H2,1-3H3;1H/t12-;/m0./s1. The molecule has 1 atom stereocenters. The van der Waals surface area contributed by atoms with Gasteiger partial charge in [-0.3, -0.25) is 0 Å². The molecule has 1 aromatic rings. The van der Waals surface area contributed by atoms with E-state index in [4.69, 9.17) is 15.6 Å². The number of alkyl halides is 2. The van der Waals surface area contributed by atoms with Gasteiger partial charge in [0.1, 0.15) is 18.4 Å². The molecule has 0 unspecified atom stereocenters. The summed E-state index contributed by atoms with van der Waals surface area (Å²) in [5.74, 6) is -2.87. The van der Waals surface area contributed by atoms with Gasteiger partial charge in [0.2, 0.25) is 0 Å². The highest BCUT2D eigenvalue weighted by molar-refractivity contribution is 5.85. The molecule has 0 aromatic heterocycles. The molecule has 3 N–H and O–H groups in total. The van der Waals surface area contributed by atoms with Crippen molar-refractivity contribution in [1.82, 2.24) is 0 Å². The summed E-state index contributed by atoms with van der Waals surface area (Å²) in [6.07, 6.45) is 0. The molecule has 0 aliphatic heterocycles. The lowest BCUT2D eigenvalue weighted by Crippen LogP contribution is -2.36. The van der Waals surface area contributed by atoms with Gasteiger partial charge in [-0.15, -0.1) is 12.4 Å². The fourth-order valence-corrected chi connectivity index (χ4v) is 1.68. The van der Waals surface area contributed by atoms with Crippen molar-refractivity contribution >= 4 is 12.4 Å². The summed E-state index contributed by atoms with van der Waals surface area (Å²) < 4.78 is 31.9. The van der Waals surface area contributed by atoms with Gasteiger partial charge in [-0.2, -0.15) is 0 Å². The quantitative estimate of drug-likeness (QED) is 0.878. The zero-order chi connectivity index (χ0) is 13.9. The smallest absolute Gasteiger partial charge is 0.289 e. The van der Waals surface area contributed by atoms with E-state index in [2.05, 4.69) is 0 Å². The van der Waals surface area contributed by atoms with Crippen LogP contribution in [0.5, 0.6) is 5.75 Å². The van der Waals surface area contributed by atoms with E-state index in [1.807, 2.05) is 19.9 Å². The Labute approximate surface area is 118 Å². The van der Waals surface area contributed by atoms with Gasteiger partial charge in [-0.1, -0.05) is 26.0 Å².